The van der Waals surface area contributed by atoms with Gasteiger partial charge in [-0.3, -0.25) is 4.79 Å². The molecule has 1 rings (SSSR count). The molecule has 3 nitrogen and oxygen atoms in total. The van der Waals surface area contributed by atoms with Crippen molar-refractivity contribution in [3.63, 3.8) is 0 Å². The summed E-state index contributed by atoms with van der Waals surface area (Å²) in [5.74, 6) is 0.118. The van der Waals surface area contributed by atoms with Crippen molar-refractivity contribution in [2.75, 3.05) is 13.1 Å². The lowest BCUT2D eigenvalue weighted by Crippen LogP contribution is -2.45. The van der Waals surface area contributed by atoms with E-state index in [0.717, 1.165) is 38.8 Å². The maximum Gasteiger partial charge on any atom is 0.239 e. The molecule has 0 radical (unpaired) electrons. The SMILES string of the molecule is CCCC[C@H](N)C(=O)N1CC=C(C)CC1. The second kappa shape index (κ2) is 5.91. The van der Waals surface area contributed by atoms with Crippen molar-refractivity contribution in [1.82, 2.24) is 4.90 Å². The number of carbonyl (C=O) groups is 1. The van der Waals surface area contributed by atoms with Gasteiger partial charge in [-0.05, 0) is 19.8 Å². The third-order valence-corrected chi connectivity index (χ3v) is 2.93. The minimum atomic E-state index is -0.295. The Balaban J connectivity index is 2.40. The van der Waals surface area contributed by atoms with Crippen LogP contribution in [0.25, 0.3) is 0 Å². The van der Waals surface area contributed by atoms with E-state index in [4.69, 9.17) is 5.73 Å². The molecule has 1 aliphatic heterocycles. The van der Waals surface area contributed by atoms with E-state index in [0.29, 0.717) is 0 Å². The highest BCUT2D eigenvalue weighted by atomic mass is 16.2. The van der Waals surface area contributed by atoms with Crippen molar-refractivity contribution in [1.29, 1.82) is 0 Å². The van der Waals surface area contributed by atoms with Gasteiger partial charge >= 0.3 is 0 Å². The summed E-state index contributed by atoms with van der Waals surface area (Å²) in [6.45, 7) is 5.80. The van der Waals surface area contributed by atoms with Crippen molar-refractivity contribution < 1.29 is 4.79 Å². The normalized spacial score (nSPS) is 18.6. The maximum atomic E-state index is 11.9. The van der Waals surface area contributed by atoms with Gasteiger partial charge in [0.05, 0.1) is 6.04 Å². The first-order chi connectivity index (χ1) is 7.15. The van der Waals surface area contributed by atoms with Crippen LogP contribution in [0.3, 0.4) is 0 Å². The molecule has 0 saturated heterocycles. The molecule has 0 aromatic rings. The van der Waals surface area contributed by atoms with Gasteiger partial charge < -0.3 is 10.6 Å². The molecule has 0 bridgehead atoms. The summed E-state index contributed by atoms with van der Waals surface area (Å²) < 4.78 is 0. The van der Waals surface area contributed by atoms with Gasteiger partial charge in [-0.25, -0.2) is 0 Å². The van der Waals surface area contributed by atoms with Crippen molar-refractivity contribution in [2.45, 2.75) is 45.6 Å². The number of carbonyl (C=O) groups excluding carboxylic acids is 1. The average Bonchev–Trinajstić information content (AvgIpc) is 2.26. The number of rotatable bonds is 4. The first-order valence-electron chi connectivity index (χ1n) is 5.85. The van der Waals surface area contributed by atoms with Crippen LogP contribution in [-0.2, 0) is 4.79 Å². The van der Waals surface area contributed by atoms with Crippen LogP contribution >= 0.6 is 0 Å². The van der Waals surface area contributed by atoms with Crippen molar-refractivity contribution >= 4 is 5.91 Å². The summed E-state index contributed by atoms with van der Waals surface area (Å²) in [7, 11) is 0. The molecule has 1 atom stereocenters. The number of nitrogens with zero attached hydrogens (tertiary/aromatic N) is 1. The van der Waals surface area contributed by atoms with Gasteiger partial charge in [0, 0.05) is 13.1 Å². The van der Waals surface area contributed by atoms with E-state index in [-0.39, 0.29) is 11.9 Å². The fourth-order valence-electron chi connectivity index (χ4n) is 1.75. The zero-order valence-electron chi connectivity index (χ0n) is 9.83. The minimum absolute atomic E-state index is 0.118. The van der Waals surface area contributed by atoms with Gasteiger partial charge in [-0.15, -0.1) is 0 Å². The summed E-state index contributed by atoms with van der Waals surface area (Å²) in [6, 6.07) is -0.295. The van der Waals surface area contributed by atoms with Crippen molar-refractivity contribution in [3.8, 4) is 0 Å². The molecule has 1 heterocycles. The van der Waals surface area contributed by atoms with E-state index >= 15 is 0 Å². The molecule has 0 saturated carbocycles. The lowest BCUT2D eigenvalue weighted by Gasteiger charge is -2.28. The Kier molecular flexibility index (Phi) is 4.82. The smallest absolute Gasteiger partial charge is 0.239 e. The van der Waals surface area contributed by atoms with Crippen molar-refractivity contribution in [2.24, 2.45) is 5.73 Å². The van der Waals surface area contributed by atoms with Gasteiger partial charge in [0.2, 0.25) is 5.91 Å². The Morgan fingerprint density at radius 2 is 2.40 bits per heavy atom. The van der Waals surface area contributed by atoms with Crippen LogP contribution in [0.15, 0.2) is 11.6 Å². The molecule has 3 heteroatoms. The largest absolute Gasteiger partial charge is 0.337 e. The van der Waals surface area contributed by atoms with E-state index in [2.05, 4.69) is 19.9 Å². The molecule has 15 heavy (non-hydrogen) atoms. The standard InChI is InChI=1S/C12H22N2O/c1-3-4-5-11(13)12(15)14-8-6-10(2)7-9-14/h6,11H,3-5,7-9,13H2,1-2H3/t11-/m0/s1. The molecule has 0 aromatic heterocycles. The van der Waals surface area contributed by atoms with E-state index in [1.54, 1.807) is 0 Å². The summed E-state index contributed by atoms with van der Waals surface area (Å²) in [4.78, 5) is 13.8. The van der Waals surface area contributed by atoms with E-state index < -0.39 is 0 Å². The predicted octanol–water partition coefficient (Wildman–Crippen LogP) is 1.68. The second-order valence-corrected chi connectivity index (χ2v) is 4.33. The molecule has 0 unspecified atom stereocenters. The van der Waals surface area contributed by atoms with Gasteiger partial charge in [-0.2, -0.15) is 0 Å². The number of hydrogen-bond acceptors (Lipinski definition) is 2. The fraction of sp³-hybridized carbons (Fsp3) is 0.750. The van der Waals surface area contributed by atoms with Crippen LogP contribution < -0.4 is 5.73 Å². The van der Waals surface area contributed by atoms with Gasteiger partial charge in [0.1, 0.15) is 0 Å². The predicted molar refractivity (Wildman–Crippen MR) is 62.5 cm³/mol. The molecule has 0 fully saturated rings. The highest BCUT2D eigenvalue weighted by Gasteiger charge is 2.21. The molecular formula is C12H22N2O. The van der Waals surface area contributed by atoms with Crippen molar-refractivity contribution in [3.05, 3.63) is 11.6 Å². The Morgan fingerprint density at radius 3 is 2.93 bits per heavy atom. The molecule has 0 spiro atoms. The summed E-state index contributed by atoms with van der Waals surface area (Å²) >= 11 is 0. The molecule has 1 amide bonds. The monoisotopic (exact) mass is 210 g/mol. The molecule has 86 valence electrons. The quantitative estimate of drug-likeness (QED) is 0.718. The maximum absolute atomic E-state index is 11.9. The molecule has 0 aliphatic carbocycles. The zero-order chi connectivity index (χ0) is 11.3. The molecule has 1 aliphatic rings. The molecule has 2 N–H and O–H groups in total. The van der Waals surface area contributed by atoms with E-state index in [9.17, 15) is 4.79 Å². The highest BCUT2D eigenvalue weighted by Crippen LogP contribution is 2.11. The lowest BCUT2D eigenvalue weighted by atomic mass is 10.1. The van der Waals surface area contributed by atoms with E-state index in [1.807, 2.05) is 4.90 Å². The summed E-state index contributed by atoms with van der Waals surface area (Å²) in [6.07, 6.45) is 6.06. The van der Waals surface area contributed by atoms with Crippen LogP contribution in [0.5, 0.6) is 0 Å². The Morgan fingerprint density at radius 1 is 1.67 bits per heavy atom. The average molecular weight is 210 g/mol. The Bertz CT molecular complexity index is 248. The second-order valence-electron chi connectivity index (χ2n) is 4.33. The molecule has 0 aromatic carbocycles. The first kappa shape index (κ1) is 12.2. The van der Waals surface area contributed by atoms with E-state index in [1.165, 1.54) is 5.57 Å². The zero-order valence-corrected chi connectivity index (χ0v) is 9.83. The fourth-order valence-corrected chi connectivity index (χ4v) is 1.75. The topological polar surface area (TPSA) is 46.3 Å². The van der Waals surface area contributed by atoms with Gasteiger partial charge in [-0.1, -0.05) is 31.4 Å². The van der Waals surface area contributed by atoms with Crippen LogP contribution in [0.1, 0.15) is 39.5 Å². The molecular weight excluding hydrogens is 188 g/mol. The Hall–Kier alpha value is -0.830. The van der Waals surface area contributed by atoms with Crippen LogP contribution in [0.4, 0.5) is 0 Å². The number of amides is 1. The third kappa shape index (κ3) is 3.67. The van der Waals surface area contributed by atoms with Gasteiger partial charge in [0.25, 0.3) is 0 Å². The lowest BCUT2D eigenvalue weighted by molar-refractivity contribution is -0.132. The number of hydrogen-bond donors (Lipinski definition) is 1. The number of nitrogens with two attached hydrogens (primary N) is 1. The third-order valence-electron chi connectivity index (χ3n) is 2.93. The van der Waals surface area contributed by atoms with Gasteiger partial charge in [0.15, 0.2) is 0 Å². The van der Waals surface area contributed by atoms with Crippen LogP contribution in [0, 0.1) is 0 Å². The number of unbranched alkanes of at least 4 members (excludes halogenated alkanes) is 1. The summed E-state index contributed by atoms with van der Waals surface area (Å²) in [5.41, 5.74) is 7.23. The first-order valence-corrected chi connectivity index (χ1v) is 5.85. The van der Waals surface area contributed by atoms with Crippen LogP contribution in [0.2, 0.25) is 0 Å². The summed E-state index contributed by atoms with van der Waals surface area (Å²) in [5, 5.41) is 0. The highest BCUT2D eigenvalue weighted by molar-refractivity contribution is 5.81. The Labute approximate surface area is 92.3 Å². The minimum Gasteiger partial charge on any atom is -0.337 e. The van der Waals surface area contributed by atoms with Crippen LogP contribution in [-0.4, -0.2) is 29.9 Å².